The first-order chi connectivity index (χ1) is 6.06. The summed E-state index contributed by atoms with van der Waals surface area (Å²) in [5.74, 6) is 1.04. The summed E-state index contributed by atoms with van der Waals surface area (Å²) in [5.41, 5.74) is 0. The van der Waals surface area contributed by atoms with Gasteiger partial charge in [-0.1, -0.05) is 20.3 Å². The minimum Gasteiger partial charge on any atom is -0.314 e. The second-order valence-corrected chi connectivity index (χ2v) is 4.06. The van der Waals surface area contributed by atoms with E-state index < -0.39 is 0 Å². The van der Waals surface area contributed by atoms with Gasteiger partial charge in [0, 0.05) is 19.0 Å². The molecule has 0 saturated carbocycles. The quantitative estimate of drug-likeness (QED) is 0.660. The molecule has 0 spiro atoms. The van der Waals surface area contributed by atoms with E-state index in [-0.39, 0.29) is 5.78 Å². The molecular formula is C11H23NO. The van der Waals surface area contributed by atoms with E-state index in [1.807, 2.05) is 0 Å². The molecule has 0 fully saturated rings. The van der Waals surface area contributed by atoms with E-state index in [0.717, 1.165) is 12.5 Å². The molecule has 0 aliphatic carbocycles. The summed E-state index contributed by atoms with van der Waals surface area (Å²) in [6.45, 7) is 9.14. The van der Waals surface area contributed by atoms with Gasteiger partial charge in [0.05, 0.1) is 0 Å². The topological polar surface area (TPSA) is 29.1 Å². The van der Waals surface area contributed by atoms with E-state index in [4.69, 9.17) is 0 Å². The van der Waals surface area contributed by atoms with Gasteiger partial charge < -0.3 is 5.32 Å². The van der Waals surface area contributed by atoms with Crippen LogP contribution in [0.25, 0.3) is 0 Å². The van der Waals surface area contributed by atoms with Crippen molar-refractivity contribution in [2.75, 3.05) is 6.54 Å². The molecule has 2 atom stereocenters. The second-order valence-electron chi connectivity index (χ2n) is 4.06. The SMILES string of the molecule is CCC(C)CC(C)NCCC(C)=O. The summed E-state index contributed by atoms with van der Waals surface area (Å²) >= 11 is 0. The van der Waals surface area contributed by atoms with Crippen LogP contribution in [0.15, 0.2) is 0 Å². The normalized spacial score (nSPS) is 15.4. The zero-order valence-corrected chi connectivity index (χ0v) is 9.39. The van der Waals surface area contributed by atoms with Gasteiger partial charge in [-0.3, -0.25) is 4.79 Å². The minimum atomic E-state index is 0.267. The third-order valence-electron chi connectivity index (χ3n) is 2.42. The summed E-state index contributed by atoms with van der Waals surface area (Å²) < 4.78 is 0. The maximum absolute atomic E-state index is 10.7. The third kappa shape index (κ3) is 7.97. The fourth-order valence-corrected chi connectivity index (χ4v) is 1.35. The Labute approximate surface area is 82.1 Å². The Morgan fingerprint density at radius 1 is 1.38 bits per heavy atom. The Morgan fingerprint density at radius 2 is 2.00 bits per heavy atom. The number of rotatable bonds is 7. The molecule has 0 aromatic rings. The van der Waals surface area contributed by atoms with Gasteiger partial charge in [0.1, 0.15) is 5.78 Å². The fraction of sp³-hybridized carbons (Fsp3) is 0.909. The molecule has 0 aromatic carbocycles. The largest absolute Gasteiger partial charge is 0.314 e. The van der Waals surface area contributed by atoms with Crippen LogP contribution in [-0.2, 0) is 4.79 Å². The Balaban J connectivity index is 3.39. The highest BCUT2D eigenvalue weighted by Gasteiger charge is 2.06. The molecule has 1 N–H and O–H groups in total. The lowest BCUT2D eigenvalue weighted by atomic mass is 10.0. The minimum absolute atomic E-state index is 0.267. The number of nitrogens with one attached hydrogen (secondary N) is 1. The van der Waals surface area contributed by atoms with Crippen LogP contribution in [0.3, 0.4) is 0 Å². The second kappa shape index (κ2) is 7.07. The molecule has 0 bridgehead atoms. The highest BCUT2D eigenvalue weighted by molar-refractivity contribution is 5.75. The smallest absolute Gasteiger partial charge is 0.131 e. The van der Waals surface area contributed by atoms with Gasteiger partial charge in [-0.25, -0.2) is 0 Å². The Bertz CT molecular complexity index is 145. The van der Waals surface area contributed by atoms with Crippen molar-refractivity contribution in [1.82, 2.24) is 5.32 Å². The van der Waals surface area contributed by atoms with Crippen molar-refractivity contribution in [3.05, 3.63) is 0 Å². The summed E-state index contributed by atoms with van der Waals surface area (Å²) in [5, 5.41) is 3.36. The molecule has 0 aliphatic heterocycles. The van der Waals surface area contributed by atoms with Gasteiger partial charge in [-0.2, -0.15) is 0 Å². The molecule has 0 amide bonds. The molecule has 0 radical (unpaired) electrons. The van der Waals surface area contributed by atoms with Gasteiger partial charge >= 0.3 is 0 Å². The number of hydrogen-bond acceptors (Lipinski definition) is 2. The van der Waals surface area contributed by atoms with E-state index in [2.05, 4.69) is 26.1 Å². The molecule has 0 rings (SSSR count). The van der Waals surface area contributed by atoms with Crippen LogP contribution >= 0.6 is 0 Å². The first-order valence-electron chi connectivity index (χ1n) is 5.29. The first kappa shape index (κ1) is 12.6. The number of carbonyl (C=O) groups excluding carboxylic acids is 1. The average Bonchev–Trinajstić information content (AvgIpc) is 2.03. The maximum Gasteiger partial charge on any atom is 0.131 e. The van der Waals surface area contributed by atoms with Crippen LogP contribution < -0.4 is 5.32 Å². The van der Waals surface area contributed by atoms with Gasteiger partial charge in [0.2, 0.25) is 0 Å². The van der Waals surface area contributed by atoms with Gasteiger partial charge in [-0.15, -0.1) is 0 Å². The van der Waals surface area contributed by atoms with Crippen molar-refractivity contribution >= 4 is 5.78 Å². The van der Waals surface area contributed by atoms with E-state index in [0.29, 0.717) is 12.5 Å². The standard InChI is InChI=1S/C11H23NO/c1-5-9(2)8-10(3)12-7-6-11(4)13/h9-10,12H,5-8H2,1-4H3. The molecule has 2 heteroatoms. The van der Waals surface area contributed by atoms with E-state index >= 15 is 0 Å². The molecule has 2 nitrogen and oxygen atoms in total. The third-order valence-corrected chi connectivity index (χ3v) is 2.42. The Kier molecular flexibility index (Phi) is 6.87. The zero-order chi connectivity index (χ0) is 10.3. The lowest BCUT2D eigenvalue weighted by molar-refractivity contribution is -0.116. The summed E-state index contributed by atoms with van der Waals surface area (Å²) in [4.78, 5) is 10.7. The highest BCUT2D eigenvalue weighted by atomic mass is 16.1. The van der Waals surface area contributed by atoms with Crippen molar-refractivity contribution in [1.29, 1.82) is 0 Å². The van der Waals surface area contributed by atoms with Crippen LogP contribution in [0.1, 0.15) is 47.0 Å². The monoisotopic (exact) mass is 185 g/mol. The predicted molar refractivity (Wildman–Crippen MR) is 56.8 cm³/mol. The number of Topliss-reactive ketones (excluding diaryl/α,β-unsaturated/α-hetero) is 1. The lowest BCUT2D eigenvalue weighted by Crippen LogP contribution is -2.29. The van der Waals surface area contributed by atoms with Crippen LogP contribution in [-0.4, -0.2) is 18.4 Å². The van der Waals surface area contributed by atoms with Crippen LogP contribution in [0.2, 0.25) is 0 Å². The molecule has 78 valence electrons. The predicted octanol–water partition coefficient (Wildman–Crippen LogP) is 2.38. The molecule has 0 saturated heterocycles. The molecule has 2 unspecified atom stereocenters. The molecule has 0 aromatic heterocycles. The van der Waals surface area contributed by atoms with E-state index in [1.54, 1.807) is 6.92 Å². The van der Waals surface area contributed by atoms with Crippen molar-refractivity contribution < 1.29 is 4.79 Å². The first-order valence-corrected chi connectivity index (χ1v) is 5.29. The van der Waals surface area contributed by atoms with Crippen molar-refractivity contribution in [3.63, 3.8) is 0 Å². The van der Waals surface area contributed by atoms with Gasteiger partial charge in [-0.05, 0) is 26.2 Å². The highest BCUT2D eigenvalue weighted by Crippen LogP contribution is 2.08. The van der Waals surface area contributed by atoms with Crippen LogP contribution in [0, 0.1) is 5.92 Å². The van der Waals surface area contributed by atoms with Gasteiger partial charge in [0.25, 0.3) is 0 Å². The van der Waals surface area contributed by atoms with Crippen LogP contribution in [0.5, 0.6) is 0 Å². The lowest BCUT2D eigenvalue weighted by Gasteiger charge is -2.16. The van der Waals surface area contributed by atoms with E-state index in [9.17, 15) is 4.79 Å². The fourth-order valence-electron chi connectivity index (χ4n) is 1.35. The Hall–Kier alpha value is -0.370. The number of carbonyl (C=O) groups is 1. The number of ketones is 1. The van der Waals surface area contributed by atoms with E-state index in [1.165, 1.54) is 12.8 Å². The summed E-state index contributed by atoms with van der Waals surface area (Å²) in [7, 11) is 0. The average molecular weight is 185 g/mol. The maximum atomic E-state index is 10.7. The molecule has 0 aliphatic rings. The van der Waals surface area contributed by atoms with Gasteiger partial charge in [0.15, 0.2) is 0 Å². The molecule has 0 heterocycles. The van der Waals surface area contributed by atoms with Crippen molar-refractivity contribution in [2.24, 2.45) is 5.92 Å². The summed E-state index contributed by atoms with van der Waals surface area (Å²) in [6, 6.07) is 0.536. The zero-order valence-electron chi connectivity index (χ0n) is 9.39. The number of hydrogen-bond donors (Lipinski definition) is 1. The summed E-state index contributed by atoms with van der Waals surface area (Å²) in [6.07, 6.45) is 3.10. The Morgan fingerprint density at radius 3 is 2.46 bits per heavy atom. The molecule has 13 heavy (non-hydrogen) atoms. The molecular weight excluding hydrogens is 162 g/mol. The van der Waals surface area contributed by atoms with Crippen LogP contribution in [0.4, 0.5) is 0 Å². The van der Waals surface area contributed by atoms with Crippen molar-refractivity contribution in [2.45, 2.75) is 53.0 Å². The van der Waals surface area contributed by atoms with Crippen molar-refractivity contribution in [3.8, 4) is 0 Å².